The van der Waals surface area contributed by atoms with Crippen LogP contribution < -0.4 is 0 Å². The van der Waals surface area contributed by atoms with Crippen molar-refractivity contribution in [3.63, 3.8) is 0 Å². The van der Waals surface area contributed by atoms with Gasteiger partial charge in [0.1, 0.15) is 4.60 Å². The van der Waals surface area contributed by atoms with E-state index in [1.54, 1.807) is 15.8 Å². The summed E-state index contributed by atoms with van der Waals surface area (Å²) in [6.45, 7) is 2.61. The molecule has 2 aromatic rings. The van der Waals surface area contributed by atoms with Crippen LogP contribution in [-0.4, -0.2) is 53.1 Å². The lowest BCUT2D eigenvalue weighted by molar-refractivity contribution is 0.0693. The number of unbranched alkanes of at least 4 members (excludes halogenated alkanes) is 1. The van der Waals surface area contributed by atoms with E-state index in [0.717, 1.165) is 18.5 Å². The van der Waals surface area contributed by atoms with Crippen molar-refractivity contribution in [2.75, 3.05) is 18.1 Å². The standard InChI is InChI=1S/C18H22BrN3O3S/c1-2-3-10-21(15-9-11-26(24,25)13-15)18(23)16-12-20-22(17(16)19)14-7-5-4-6-8-14/h4-8,12,15H,2-3,9-11,13H2,1H3/t15-/m1/s1. The van der Waals surface area contributed by atoms with Crippen molar-refractivity contribution < 1.29 is 13.2 Å². The normalized spacial score (nSPS) is 18.8. The molecule has 1 atom stereocenters. The highest BCUT2D eigenvalue weighted by atomic mass is 79.9. The van der Waals surface area contributed by atoms with Crippen molar-refractivity contribution in [3.05, 3.63) is 46.7 Å². The number of para-hydroxylation sites is 1. The van der Waals surface area contributed by atoms with E-state index >= 15 is 0 Å². The molecule has 0 unspecified atom stereocenters. The van der Waals surface area contributed by atoms with Crippen molar-refractivity contribution in [2.24, 2.45) is 0 Å². The third-order valence-electron chi connectivity index (χ3n) is 4.60. The molecule has 1 aliphatic rings. The van der Waals surface area contributed by atoms with Crippen LogP contribution in [0.25, 0.3) is 5.69 Å². The van der Waals surface area contributed by atoms with Crippen LogP contribution in [0.2, 0.25) is 0 Å². The highest BCUT2D eigenvalue weighted by Gasteiger charge is 2.35. The number of rotatable bonds is 6. The molecule has 1 aromatic carbocycles. The van der Waals surface area contributed by atoms with E-state index in [0.29, 0.717) is 23.1 Å². The second-order valence-electron chi connectivity index (χ2n) is 6.51. The maximum absolute atomic E-state index is 13.2. The molecule has 1 fully saturated rings. The number of amides is 1. The van der Waals surface area contributed by atoms with E-state index in [1.807, 2.05) is 30.3 Å². The van der Waals surface area contributed by atoms with Gasteiger partial charge in [0.2, 0.25) is 0 Å². The average Bonchev–Trinajstić information content (AvgIpc) is 3.18. The summed E-state index contributed by atoms with van der Waals surface area (Å²) in [5.41, 5.74) is 1.30. The van der Waals surface area contributed by atoms with Gasteiger partial charge in [-0.15, -0.1) is 0 Å². The van der Waals surface area contributed by atoms with Crippen molar-refractivity contribution >= 4 is 31.7 Å². The first-order chi connectivity index (χ1) is 12.4. The smallest absolute Gasteiger partial charge is 0.258 e. The number of benzene rings is 1. The first kappa shape index (κ1) is 19.1. The fourth-order valence-electron chi connectivity index (χ4n) is 3.18. The summed E-state index contributed by atoms with van der Waals surface area (Å²) in [4.78, 5) is 14.9. The fraction of sp³-hybridized carbons (Fsp3) is 0.444. The number of carbonyl (C=O) groups excluding carboxylic acids is 1. The number of hydrogen-bond donors (Lipinski definition) is 0. The molecule has 140 valence electrons. The number of sulfone groups is 1. The number of halogens is 1. The minimum absolute atomic E-state index is 0.0485. The molecule has 0 N–H and O–H groups in total. The molecule has 0 radical (unpaired) electrons. The van der Waals surface area contributed by atoms with E-state index in [4.69, 9.17) is 0 Å². The van der Waals surface area contributed by atoms with Gasteiger partial charge >= 0.3 is 0 Å². The SMILES string of the molecule is CCCCN(C(=O)c1cnn(-c2ccccc2)c1Br)[C@@H]1CCS(=O)(=O)C1. The van der Waals surface area contributed by atoms with Crippen LogP contribution >= 0.6 is 15.9 Å². The molecule has 2 heterocycles. The first-order valence-electron chi connectivity index (χ1n) is 8.73. The van der Waals surface area contributed by atoms with Gasteiger partial charge in [-0.3, -0.25) is 4.79 Å². The Bertz CT molecular complexity index is 880. The Balaban J connectivity index is 1.89. The molecule has 0 bridgehead atoms. The minimum Gasteiger partial charge on any atom is -0.334 e. The molecule has 26 heavy (non-hydrogen) atoms. The minimum atomic E-state index is -3.06. The monoisotopic (exact) mass is 439 g/mol. The van der Waals surface area contributed by atoms with Gasteiger partial charge in [0.25, 0.3) is 5.91 Å². The Hall–Kier alpha value is -1.67. The van der Waals surface area contributed by atoms with Crippen LogP contribution in [0.4, 0.5) is 0 Å². The van der Waals surface area contributed by atoms with E-state index in [-0.39, 0.29) is 23.5 Å². The molecule has 6 nitrogen and oxygen atoms in total. The highest BCUT2D eigenvalue weighted by Crippen LogP contribution is 2.25. The number of aromatic nitrogens is 2. The largest absolute Gasteiger partial charge is 0.334 e. The van der Waals surface area contributed by atoms with Gasteiger partial charge in [-0.05, 0) is 40.9 Å². The molecule has 0 saturated carbocycles. The fourth-order valence-corrected chi connectivity index (χ4v) is 5.48. The Morgan fingerprint density at radius 2 is 2.08 bits per heavy atom. The van der Waals surface area contributed by atoms with Gasteiger partial charge in [0.15, 0.2) is 9.84 Å². The predicted octanol–water partition coefficient (Wildman–Crippen LogP) is 3.06. The van der Waals surface area contributed by atoms with Gasteiger partial charge in [0.05, 0.1) is 29.0 Å². The molecule has 1 saturated heterocycles. The molecular weight excluding hydrogens is 418 g/mol. The molecule has 1 amide bonds. The Morgan fingerprint density at radius 3 is 2.69 bits per heavy atom. The summed E-state index contributed by atoms with van der Waals surface area (Å²) in [5.74, 6) is 0.0277. The first-order valence-corrected chi connectivity index (χ1v) is 11.3. The number of hydrogen-bond acceptors (Lipinski definition) is 4. The van der Waals surface area contributed by atoms with Gasteiger partial charge < -0.3 is 4.90 Å². The van der Waals surface area contributed by atoms with Gasteiger partial charge in [0, 0.05) is 12.6 Å². The van der Waals surface area contributed by atoms with E-state index in [9.17, 15) is 13.2 Å². The van der Waals surface area contributed by atoms with Crippen molar-refractivity contribution in [2.45, 2.75) is 32.2 Å². The topological polar surface area (TPSA) is 72.3 Å². The molecular formula is C18H22BrN3O3S. The van der Waals surface area contributed by atoms with E-state index in [2.05, 4.69) is 28.0 Å². The molecule has 0 aliphatic carbocycles. The lowest BCUT2D eigenvalue weighted by Crippen LogP contribution is -2.41. The van der Waals surface area contributed by atoms with Gasteiger partial charge in [-0.2, -0.15) is 5.10 Å². The zero-order valence-electron chi connectivity index (χ0n) is 14.6. The summed E-state index contributed by atoms with van der Waals surface area (Å²) >= 11 is 3.49. The number of carbonyl (C=O) groups is 1. The summed E-state index contributed by atoms with van der Waals surface area (Å²) in [7, 11) is -3.06. The van der Waals surface area contributed by atoms with Crippen LogP contribution in [0.5, 0.6) is 0 Å². The van der Waals surface area contributed by atoms with Crippen LogP contribution in [0, 0.1) is 0 Å². The second kappa shape index (κ2) is 7.92. The van der Waals surface area contributed by atoms with E-state index < -0.39 is 9.84 Å². The zero-order valence-corrected chi connectivity index (χ0v) is 17.0. The summed E-state index contributed by atoms with van der Waals surface area (Å²) in [6.07, 6.45) is 3.82. The van der Waals surface area contributed by atoms with Gasteiger partial charge in [-0.1, -0.05) is 31.5 Å². The molecule has 0 spiro atoms. The Labute approximate surface area is 162 Å². The van der Waals surface area contributed by atoms with Crippen LogP contribution in [0.15, 0.2) is 41.1 Å². The second-order valence-corrected chi connectivity index (χ2v) is 9.49. The predicted molar refractivity (Wildman–Crippen MR) is 104 cm³/mol. The lowest BCUT2D eigenvalue weighted by Gasteiger charge is -2.28. The highest BCUT2D eigenvalue weighted by molar-refractivity contribution is 9.10. The summed E-state index contributed by atoms with van der Waals surface area (Å²) in [5, 5.41) is 4.33. The summed E-state index contributed by atoms with van der Waals surface area (Å²) < 4.78 is 26.0. The molecule has 1 aromatic heterocycles. The van der Waals surface area contributed by atoms with E-state index in [1.165, 1.54) is 0 Å². The van der Waals surface area contributed by atoms with Gasteiger partial charge in [-0.25, -0.2) is 13.1 Å². The maximum atomic E-state index is 13.2. The number of nitrogens with zero attached hydrogens (tertiary/aromatic N) is 3. The Morgan fingerprint density at radius 1 is 1.35 bits per heavy atom. The third kappa shape index (κ3) is 4.01. The zero-order chi connectivity index (χ0) is 18.7. The summed E-state index contributed by atoms with van der Waals surface area (Å²) in [6, 6.07) is 9.28. The third-order valence-corrected chi connectivity index (χ3v) is 7.12. The van der Waals surface area contributed by atoms with Crippen molar-refractivity contribution in [1.29, 1.82) is 0 Å². The van der Waals surface area contributed by atoms with Crippen LogP contribution in [-0.2, 0) is 9.84 Å². The maximum Gasteiger partial charge on any atom is 0.258 e. The van der Waals surface area contributed by atoms with Crippen molar-refractivity contribution in [1.82, 2.24) is 14.7 Å². The Kier molecular flexibility index (Phi) is 5.82. The van der Waals surface area contributed by atoms with Crippen molar-refractivity contribution in [3.8, 4) is 5.69 Å². The molecule has 3 rings (SSSR count). The molecule has 8 heteroatoms. The van der Waals surface area contributed by atoms with Crippen LogP contribution in [0.1, 0.15) is 36.5 Å². The lowest BCUT2D eigenvalue weighted by atomic mass is 10.1. The quantitative estimate of drug-likeness (QED) is 0.692. The van der Waals surface area contributed by atoms with Crippen LogP contribution in [0.3, 0.4) is 0 Å². The average molecular weight is 440 g/mol. The molecule has 1 aliphatic heterocycles.